The van der Waals surface area contributed by atoms with Crippen LogP contribution in [0.5, 0.6) is 0 Å². The third-order valence-corrected chi connectivity index (χ3v) is 10.5. The van der Waals surface area contributed by atoms with Crippen LogP contribution in [0.4, 0.5) is 0 Å². The molecule has 0 aromatic carbocycles. The van der Waals surface area contributed by atoms with Crippen molar-refractivity contribution >= 4 is 11.9 Å². The molecule has 2 atom stereocenters. The molecule has 2 unspecified atom stereocenters. The van der Waals surface area contributed by atoms with Gasteiger partial charge < -0.3 is 9.84 Å². The highest BCUT2D eigenvalue weighted by Crippen LogP contribution is 2.21. The topological polar surface area (TPSA) is 63.6 Å². The van der Waals surface area contributed by atoms with Gasteiger partial charge in [0.2, 0.25) is 0 Å². The van der Waals surface area contributed by atoms with E-state index < -0.39 is 5.97 Å². The fourth-order valence-electron chi connectivity index (χ4n) is 6.81. The second-order valence-corrected chi connectivity index (χ2v) is 16.6. The predicted molar refractivity (Wildman–Crippen MR) is 220 cm³/mol. The average Bonchev–Trinajstić information content (AvgIpc) is 3.08. The minimum absolute atomic E-state index is 0.000467. The molecule has 0 aliphatic carbocycles. The lowest BCUT2D eigenvalue weighted by Crippen LogP contribution is -2.13. The summed E-state index contributed by atoms with van der Waals surface area (Å²) in [4.78, 5) is 23.2. The van der Waals surface area contributed by atoms with Crippen LogP contribution < -0.4 is 0 Å². The number of hydrogen-bond acceptors (Lipinski definition) is 3. The highest BCUT2D eigenvalue weighted by molar-refractivity contribution is 5.70. The molecule has 0 spiro atoms. The second kappa shape index (κ2) is 40.7. The molecule has 0 aromatic heterocycles. The Labute approximate surface area is 314 Å². The van der Waals surface area contributed by atoms with Gasteiger partial charge in [-0.15, -0.1) is 0 Å². The number of carboxylic acid groups (broad SMARTS) is 1. The number of carbonyl (C=O) groups is 2. The molecule has 1 N–H and O–H groups in total. The zero-order valence-electron chi connectivity index (χ0n) is 35.3. The van der Waals surface area contributed by atoms with Crippen LogP contribution in [-0.2, 0) is 14.3 Å². The summed E-state index contributed by atoms with van der Waals surface area (Å²) >= 11 is 0. The molecule has 0 bridgehead atoms. The van der Waals surface area contributed by atoms with Crippen molar-refractivity contribution in [2.75, 3.05) is 6.61 Å². The fraction of sp³-hybridized carbons (Fsp3) is 0.957. The van der Waals surface area contributed by atoms with E-state index in [2.05, 4.69) is 48.5 Å². The number of unbranched alkanes of at least 4 members (excludes halogenated alkanes) is 21. The van der Waals surface area contributed by atoms with E-state index in [1.54, 1.807) is 0 Å². The summed E-state index contributed by atoms with van der Waals surface area (Å²) in [5.74, 6) is 1.52. The molecule has 0 rings (SSSR count). The summed E-state index contributed by atoms with van der Waals surface area (Å²) in [5, 5.41) is 9.51. The van der Waals surface area contributed by atoms with Gasteiger partial charge in [0.1, 0.15) is 0 Å². The molecule has 0 saturated carbocycles. The average molecular weight is 709 g/mol. The Morgan fingerprint density at radius 3 is 1.18 bits per heavy atom. The van der Waals surface area contributed by atoms with Crippen LogP contribution in [0.2, 0.25) is 0 Å². The van der Waals surface area contributed by atoms with Crippen LogP contribution in [0.3, 0.4) is 0 Å². The van der Waals surface area contributed by atoms with Crippen LogP contribution >= 0.6 is 0 Å². The van der Waals surface area contributed by atoms with Gasteiger partial charge in [-0.3, -0.25) is 9.59 Å². The van der Waals surface area contributed by atoms with Crippen molar-refractivity contribution in [2.24, 2.45) is 23.7 Å². The smallest absolute Gasteiger partial charge is 0.306 e. The number of ether oxygens (including phenoxy) is 1. The number of rotatable bonds is 37. The lowest BCUT2D eigenvalue weighted by Gasteiger charge is -2.14. The molecular weight excluding hydrogens is 617 g/mol. The molecule has 0 saturated heterocycles. The first-order chi connectivity index (χ1) is 24.2. The number of aliphatic carboxylic acids is 1. The molecule has 0 amide bonds. The Balaban J connectivity index is 0. The maximum atomic E-state index is 11.6. The number of carboxylic acids is 1. The number of esters is 1. The summed E-state index contributed by atoms with van der Waals surface area (Å²) in [5.41, 5.74) is 0. The first-order valence-electron chi connectivity index (χ1n) is 22.6. The summed E-state index contributed by atoms with van der Waals surface area (Å²) in [7, 11) is 0. The second-order valence-electron chi connectivity index (χ2n) is 16.6. The van der Waals surface area contributed by atoms with Crippen LogP contribution in [-0.4, -0.2) is 23.7 Å². The van der Waals surface area contributed by atoms with Gasteiger partial charge in [-0.1, -0.05) is 222 Å². The van der Waals surface area contributed by atoms with Crippen LogP contribution in [0, 0.1) is 23.7 Å². The van der Waals surface area contributed by atoms with Crippen molar-refractivity contribution in [3.8, 4) is 0 Å². The summed E-state index contributed by atoms with van der Waals surface area (Å²) < 4.78 is 5.38. The number of hydrogen-bond donors (Lipinski definition) is 1. The quantitative estimate of drug-likeness (QED) is 0.0515. The van der Waals surface area contributed by atoms with Gasteiger partial charge in [0.05, 0.1) is 12.5 Å². The van der Waals surface area contributed by atoms with Gasteiger partial charge in [0.15, 0.2) is 0 Å². The SMILES string of the molecule is CCCCC(CC)COC(=O)CCCCCC(C)C.CCCCCCCCCCCCCCC(CCCCCCCCCCC(C)C)C(=O)O. The standard InChI is InChI=1S/C29H58O2.C17H34O2/c1-4-5-6-7-8-9-10-11-12-16-19-22-25-28(29(30)31)26-23-20-17-14-13-15-18-21-24-27(2)3;1-5-7-12-16(6-2)14-19-17(18)13-10-8-9-11-15(3)4/h27-28H,4-26H2,1-3H3,(H,30,31);15-16H,5-14H2,1-4H3. The molecule has 0 fully saturated rings. The van der Waals surface area contributed by atoms with E-state index in [1.165, 1.54) is 154 Å². The lowest BCUT2D eigenvalue weighted by molar-refractivity contribution is -0.145. The first-order valence-corrected chi connectivity index (χ1v) is 22.6. The minimum Gasteiger partial charge on any atom is -0.481 e. The van der Waals surface area contributed by atoms with Crippen molar-refractivity contribution in [3.05, 3.63) is 0 Å². The molecule has 50 heavy (non-hydrogen) atoms. The monoisotopic (exact) mass is 709 g/mol. The van der Waals surface area contributed by atoms with E-state index in [0.717, 1.165) is 56.8 Å². The van der Waals surface area contributed by atoms with Gasteiger partial charge in [-0.2, -0.15) is 0 Å². The van der Waals surface area contributed by atoms with Crippen LogP contribution in [0.15, 0.2) is 0 Å². The Bertz CT molecular complexity index is 688. The van der Waals surface area contributed by atoms with E-state index >= 15 is 0 Å². The summed E-state index contributed by atoms with van der Waals surface area (Å²) in [6.07, 6.45) is 39.7. The molecule has 4 nitrogen and oxygen atoms in total. The third kappa shape index (κ3) is 41.4. The molecule has 300 valence electrons. The third-order valence-electron chi connectivity index (χ3n) is 10.5. The Hall–Kier alpha value is -1.06. The van der Waals surface area contributed by atoms with Crippen molar-refractivity contribution in [2.45, 2.75) is 254 Å². The summed E-state index contributed by atoms with van der Waals surface area (Å²) in [6.45, 7) is 16.4. The highest BCUT2D eigenvalue weighted by Gasteiger charge is 2.16. The highest BCUT2D eigenvalue weighted by atomic mass is 16.5. The fourth-order valence-corrected chi connectivity index (χ4v) is 6.81. The first kappa shape index (κ1) is 51.0. The maximum Gasteiger partial charge on any atom is 0.306 e. The Morgan fingerprint density at radius 1 is 0.460 bits per heavy atom. The van der Waals surface area contributed by atoms with Crippen molar-refractivity contribution in [3.63, 3.8) is 0 Å². The van der Waals surface area contributed by atoms with E-state index in [1.807, 2.05) is 0 Å². The van der Waals surface area contributed by atoms with E-state index in [-0.39, 0.29) is 11.9 Å². The normalized spacial score (nSPS) is 12.6. The molecule has 4 heteroatoms. The van der Waals surface area contributed by atoms with Gasteiger partial charge in [-0.25, -0.2) is 0 Å². The van der Waals surface area contributed by atoms with Gasteiger partial charge in [-0.05, 0) is 43.4 Å². The molecule has 0 aliphatic heterocycles. The van der Waals surface area contributed by atoms with Crippen LogP contribution in [0.1, 0.15) is 254 Å². The Morgan fingerprint density at radius 2 is 0.820 bits per heavy atom. The van der Waals surface area contributed by atoms with Crippen molar-refractivity contribution in [1.29, 1.82) is 0 Å². The molecule has 0 aromatic rings. The molecular formula is C46H92O4. The summed E-state index contributed by atoms with van der Waals surface area (Å²) in [6, 6.07) is 0. The van der Waals surface area contributed by atoms with Crippen molar-refractivity contribution in [1.82, 2.24) is 0 Å². The Kier molecular flexibility index (Phi) is 41.6. The minimum atomic E-state index is -0.562. The number of carbonyl (C=O) groups excluding carboxylic acids is 1. The van der Waals surface area contributed by atoms with Gasteiger partial charge in [0, 0.05) is 6.42 Å². The van der Waals surface area contributed by atoms with Gasteiger partial charge in [0.25, 0.3) is 0 Å². The zero-order valence-corrected chi connectivity index (χ0v) is 35.3. The molecule has 0 radical (unpaired) electrons. The maximum absolute atomic E-state index is 11.6. The molecule has 0 aliphatic rings. The largest absolute Gasteiger partial charge is 0.481 e. The van der Waals surface area contributed by atoms with E-state index in [4.69, 9.17) is 4.74 Å². The lowest BCUT2D eigenvalue weighted by atomic mass is 9.94. The predicted octanol–water partition coefficient (Wildman–Crippen LogP) is 15.7. The van der Waals surface area contributed by atoms with Crippen molar-refractivity contribution < 1.29 is 19.4 Å². The zero-order chi connectivity index (χ0) is 37.5. The van der Waals surface area contributed by atoms with E-state index in [0.29, 0.717) is 18.9 Å². The van der Waals surface area contributed by atoms with Gasteiger partial charge >= 0.3 is 11.9 Å². The van der Waals surface area contributed by atoms with Crippen LogP contribution in [0.25, 0.3) is 0 Å². The molecule has 0 heterocycles. The van der Waals surface area contributed by atoms with E-state index in [9.17, 15) is 14.7 Å².